The molecule has 9 heteroatoms. The van der Waals surface area contributed by atoms with Crippen LogP contribution in [0.15, 0.2) is 41.5 Å². The smallest absolute Gasteiger partial charge is 0.421 e. The molecular weight excluding hydrogens is 373 g/mol. The maximum atomic E-state index is 12.9. The normalized spacial score (nSPS) is 11.9. The van der Waals surface area contributed by atoms with E-state index in [2.05, 4.69) is 20.6 Å². The van der Waals surface area contributed by atoms with Crippen molar-refractivity contribution in [1.29, 1.82) is 0 Å². The van der Waals surface area contributed by atoms with E-state index < -0.39 is 17.6 Å². The SMILES string of the molecule is CN=C(NCCOc1ncccc1C(F)(F)F)NCc1ccc(C)cc1OC. The van der Waals surface area contributed by atoms with E-state index in [4.69, 9.17) is 9.47 Å². The molecule has 0 bridgehead atoms. The summed E-state index contributed by atoms with van der Waals surface area (Å²) in [6, 6.07) is 8.03. The molecule has 0 saturated carbocycles. The number of ether oxygens (including phenoxy) is 2. The first kappa shape index (κ1) is 21.3. The minimum atomic E-state index is -4.51. The molecule has 0 unspecified atom stereocenters. The van der Waals surface area contributed by atoms with E-state index in [1.807, 2.05) is 25.1 Å². The molecule has 2 rings (SSSR count). The van der Waals surface area contributed by atoms with Gasteiger partial charge in [-0.1, -0.05) is 12.1 Å². The molecule has 0 fully saturated rings. The molecular formula is C19H23F3N4O2. The summed E-state index contributed by atoms with van der Waals surface area (Å²) in [5.74, 6) is 0.813. The van der Waals surface area contributed by atoms with Gasteiger partial charge in [-0.05, 0) is 30.7 Å². The summed E-state index contributed by atoms with van der Waals surface area (Å²) in [6.07, 6.45) is -3.25. The van der Waals surface area contributed by atoms with Gasteiger partial charge in [0, 0.05) is 25.4 Å². The predicted molar refractivity (Wildman–Crippen MR) is 101 cm³/mol. The summed E-state index contributed by atoms with van der Waals surface area (Å²) in [4.78, 5) is 7.73. The zero-order chi connectivity index (χ0) is 20.6. The number of pyridine rings is 1. The summed E-state index contributed by atoms with van der Waals surface area (Å²) in [5.41, 5.74) is 1.15. The minimum Gasteiger partial charge on any atom is -0.496 e. The molecule has 0 amide bonds. The first-order valence-corrected chi connectivity index (χ1v) is 8.58. The number of nitrogens with zero attached hydrogens (tertiary/aromatic N) is 2. The fourth-order valence-electron chi connectivity index (χ4n) is 2.44. The van der Waals surface area contributed by atoms with E-state index in [-0.39, 0.29) is 13.2 Å². The first-order chi connectivity index (χ1) is 13.3. The Labute approximate surface area is 161 Å². The van der Waals surface area contributed by atoms with Gasteiger partial charge in [0.2, 0.25) is 5.88 Å². The van der Waals surface area contributed by atoms with Gasteiger partial charge in [-0.15, -0.1) is 0 Å². The molecule has 6 nitrogen and oxygen atoms in total. The highest BCUT2D eigenvalue weighted by molar-refractivity contribution is 5.79. The average molecular weight is 396 g/mol. The number of benzene rings is 1. The zero-order valence-corrected chi connectivity index (χ0v) is 15.9. The highest BCUT2D eigenvalue weighted by Gasteiger charge is 2.34. The van der Waals surface area contributed by atoms with Crippen LogP contribution in [0.4, 0.5) is 13.2 Å². The van der Waals surface area contributed by atoms with E-state index in [1.165, 1.54) is 12.3 Å². The molecule has 0 saturated heterocycles. The quantitative estimate of drug-likeness (QED) is 0.428. The molecule has 2 N–H and O–H groups in total. The van der Waals surface area contributed by atoms with Crippen molar-refractivity contribution < 1.29 is 22.6 Å². The molecule has 28 heavy (non-hydrogen) atoms. The Morgan fingerprint density at radius 1 is 1.21 bits per heavy atom. The number of hydrogen-bond acceptors (Lipinski definition) is 4. The standard InChI is InChI=1S/C19H23F3N4O2/c1-13-6-7-14(16(11-13)27-3)12-26-18(23-2)25-9-10-28-17-15(19(20,21)22)5-4-8-24-17/h4-8,11H,9-10,12H2,1-3H3,(H2,23,25,26). The lowest BCUT2D eigenvalue weighted by Crippen LogP contribution is -2.39. The largest absolute Gasteiger partial charge is 0.496 e. The molecule has 0 aliphatic carbocycles. The van der Waals surface area contributed by atoms with Crippen molar-refractivity contribution >= 4 is 5.96 Å². The predicted octanol–water partition coefficient (Wildman–Crippen LogP) is 3.16. The molecule has 1 heterocycles. The number of alkyl halides is 3. The van der Waals surface area contributed by atoms with Crippen LogP contribution in [0.5, 0.6) is 11.6 Å². The molecule has 2 aromatic rings. The minimum absolute atomic E-state index is 0.00531. The van der Waals surface area contributed by atoms with Crippen LogP contribution in [0.3, 0.4) is 0 Å². The molecule has 152 valence electrons. The number of guanidine groups is 1. The molecule has 0 aliphatic rings. The van der Waals surface area contributed by atoms with Gasteiger partial charge in [0.1, 0.15) is 17.9 Å². The first-order valence-electron chi connectivity index (χ1n) is 8.58. The Balaban J connectivity index is 1.84. The monoisotopic (exact) mass is 396 g/mol. The van der Waals surface area contributed by atoms with Crippen molar-refractivity contribution in [2.45, 2.75) is 19.6 Å². The fraction of sp³-hybridized carbons (Fsp3) is 0.368. The number of aryl methyl sites for hydroxylation is 1. The number of nitrogens with one attached hydrogen (secondary N) is 2. The van der Waals surface area contributed by atoms with Crippen molar-refractivity contribution in [1.82, 2.24) is 15.6 Å². The summed E-state index contributed by atoms with van der Waals surface area (Å²) < 4.78 is 49.3. The number of rotatable bonds is 7. The Kier molecular flexibility index (Phi) is 7.48. The molecule has 0 atom stereocenters. The summed E-state index contributed by atoms with van der Waals surface area (Å²) >= 11 is 0. The number of halogens is 3. The maximum Gasteiger partial charge on any atom is 0.421 e. The second-order valence-corrected chi connectivity index (χ2v) is 5.87. The van der Waals surface area contributed by atoms with Crippen molar-refractivity contribution in [2.75, 3.05) is 27.3 Å². The highest BCUT2D eigenvalue weighted by Crippen LogP contribution is 2.34. The second-order valence-electron chi connectivity index (χ2n) is 5.87. The van der Waals surface area contributed by atoms with Crippen LogP contribution < -0.4 is 20.1 Å². The van der Waals surface area contributed by atoms with Crippen molar-refractivity contribution in [2.24, 2.45) is 4.99 Å². The maximum absolute atomic E-state index is 12.9. The van der Waals surface area contributed by atoms with Crippen LogP contribution in [0.25, 0.3) is 0 Å². The van der Waals surface area contributed by atoms with Gasteiger partial charge < -0.3 is 20.1 Å². The summed E-state index contributed by atoms with van der Waals surface area (Å²) in [5, 5.41) is 6.10. The van der Waals surface area contributed by atoms with Crippen molar-refractivity contribution in [3.8, 4) is 11.6 Å². The fourth-order valence-corrected chi connectivity index (χ4v) is 2.44. The van der Waals surface area contributed by atoms with Crippen LogP contribution in [-0.4, -0.2) is 38.3 Å². The van der Waals surface area contributed by atoms with Gasteiger partial charge in [-0.2, -0.15) is 13.2 Å². The Morgan fingerprint density at radius 3 is 2.68 bits per heavy atom. The van der Waals surface area contributed by atoms with Gasteiger partial charge in [0.05, 0.1) is 13.7 Å². The van der Waals surface area contributed by atoms with Crippen LogP contribution in [0.2, 0.25) is 0 Å². The van der Waals surface area contributed by atoms with E-state index in [0.29, 0.717) is 12.5 Å². The Bertz CT molecular complexity index is 810. The van der Waals surface area contributed by atoms with Gasteiger partial charge >= 0.3 is 6.18 Å². The summed E-state index contributed by atoms with van der Waals surface area (Å²) in [7, 11) is 3.21. The molecule has 0 spiro atoms. The molecule has 0 radical (unpaired) electrons. The van der Waals surface area contributed by atoms with Gasteiger partial charge in [0.15, 0.2) is 5.96 Å². The average Bonchev–Trinajstić information content (AvgIpc) is 2.67. The number of hydrogen-bond donors (Lipinski definition) is 2. The van der Waals surface area contributed by atoms with Crippen LogP contribution in [0, 0.1) is 6.92 Å². The number of aliphatic imine (C=N–C) groups is 1. The number of methoxy groups -OCH3 is 1. The topological polar surface area (TPSA) is 67.8 Å². The zero-order valence-electron chi connectivity index (χ0n) is 15.9. The van der Waals surface area contributed by atoms with Crippen molar-refractivity contribution in [3.05, 3.63) is 53.2 Å². The lowest BCUT2D eigenvalue weighted by atomic mass is 10.1. The van der Waals surface area contributed by atoms with Gasteiger partial charge in [-0.25, -0.2) is 4.98 Å². The van der Waals surface area contributed by atoms with E-state index in [1.54, 1.807) is 14.2 Å². The third kappa shape index (κ3) is 6.04. The Hall–Kier alpha value is -2.97. The van der Waals surface area contributed by atoms with Gasteiger partial charge in [-0.3, -0.25) is 4.99 Å². The lowest BCUT2D eigenvalue weighted by Gasteiger charge is -2.15. The highest BCUT2D eigenvalue weighted by atomic mass is 19.4. The van der Waals surface area contributed by atoms with Gasteiger partial charge in [0.25, 0.3) is 0 Å². The van der Waals surface area contributed by atoms with E-state index in [0.717, 1.165) is 22.9 Å². The van der Waals surface area contributed by atoms with E-state index in [9.17, 15) is 13.2 Å². The molecule has 1 aromatic carbocycles. The number of aromatic nitrogens is 1. The van der Waals surface area contributed by atoms with Crippen molar-refractivity contribution in [3.63, 3.8) is 0 Å². The second kappa shape index (κ2) is 9.82. The van der Waals surface area contributed by atoms with Crippen LogP contribution >= 0.6 is 0 Å². The third-order valence-corrected chi connectivity index (χ3v) is 3.82. The lowest BCUT2D eigenvalue weighted by molar-refractivity contribution is -0.139. The summed E-state index contributed by atoms with van der Waals surface area (Å²) in [6.45, 7) is 2.70. The van der Waals surface area contributed by atoms with Crippen LogP contribution in [0.1, 0.15) is 16.7 Å². The van der Waals surface area contributed by atoms with E-state index >= 15 is 0 Å². The molecule has 1 aromatic heterocycles. The third-order valence-electron chi connectivity index (χ3n) is 3.82. The van der Waals surface area contributed by atoms with Crippen LogP contribution in [-0.2, 0) is 12.7 Å². The molecule has 0 aliphatic heterocycles. The Morgan fingerprint density at radius 2 is 2.00 bits per heavy atom.